The third-order valence-electron chi connectivity index (χ3n) is 1.24. The molecule has 1 rings (SSSR count). The summed E-state index contributed by atoms with van der Waals surface area (Å²) in [7, 11) is 1.95. The SMILES string of the molecule is CCC.Cc1cc(C)n(C)n1. The van der Waals surface area contributed by atoms with Gasteiger partial charge in [-0.25, -0.2) is 0 Å². The average Bonchev–Trinajstić information content (AvgIpc) is 2.12. The summed E-state index contributed by atoms with van der Waals surface area (Å²) >= 11 is 0. The monoisotopic (exact) mass is 154 g/mol. The maximum atomic E-state index is 4.13. The number of nitrogens with zero attached hydrogens (tertiary/aromatic N) is 2. The minimum absolute atomic E-state index is 1.09. The van der Waals surface area contributed by atoms with Crippen LogP contribution in [0.5, 0.6) is 0 Å². The molecule has 0 unspecified atom stereocenters. The molecule has 0 radical (unpaired) electrons. The molecule has 1 aromatic rings. The first-order valence-corrected chi connectivity index (χ1v) is 4.09. The van der Waals surface area contributed by atoms with Crippen molar-refractivity contribution in [3.05, 3.63) is 17.5 Å². The lowest BCUT2D eigenvalue weighted by Gasteiger charge is -1.87. The van der Waals surface area contributed by atoms with Gasteiger partial charge in [-0.15, -0.1) is 0 Å². The Morgan fingerprint density at radius 3 is 1.91 bits per heavy atom. The first kappa shape index (κ1) is 10.2. The molecule has 1 heterocycles. The molecule has 0 aliphatic rings. The van der Waals surface area contributed by atoms with E-state index in [2.05, 4.69) is 25.0 Å². The standard InChI is InChI=1S/C6H10N2.C3H8/c1-5-4-6(2)8(3)7-5;1-3-2/h4H,1-3H3;3H2,1-2H3. The summed E-state index contributed by atoms with van der Waals surface area (Å²) in [5, 5.41) is 4.13. The summed E-state index contributed by atoms with van der Waals surface area (Å²) < 4.78 is 1.87. The zero-order valence-electron chi connectivity index (χ0n) is 8.18. The van der Waals surface area contributed by atoms with E-state index in [0.717, 1.165) is 5.69 Å². The van der Waals surface area contributed by atoms with E-state index in [4.69, 9.17) is 0 Å². The van der Waals surface area contributed by atoms with Crippen molar-refractivity contribution in [3.63, 3.8) is 0 Å². The molecular weight excluding hydrogens is 136 g/mol. The van der Waals surface area contributed by atoms with E-state index in [9.17, 15) is 0 Å². The molecule has 1 aromatic heterocycles. The molecule has 0 amide bonds. The highest BCUT2D eigenvalue weighted by Crippen LogP contribution is 1.97. The number of hydrogen-bond acceptors (Lipinski definition) is 1. The van der Waals surface area contributed by atoms with Crippen LogP contribution in [0.4, 0.5) is 0 Å². The number of hydrogen-bond donors (Lipinski definition) is 0. The molecule has 0 aliphatic carbocycles. The van der Waals surface area contributed by atoms with E-state index in [1.165, 1.54) is 12.1 Å². The summed E-state index contributed by atoms with van der Waals surface area (Å²) in [6.45, 7) is 8.28. The third-order valence-corrected chi connectivity index (χ3v) is 1.24. The van der Waals surface area contributed by atoms with Crippen LogP contribution in [0.2, 0.25) is 0 Å². The van der Waals surface area contributed by atoms with Crippen molar-refractivity contribution < 1.29 is 0 Å². The second-order valence-corrected chi connectivity index (χ2v) is 2.76. The minimum atomic E-state index is 1.09. The number of aromatic nitrogens is 2. The summed E-state index contributed by atoms with van der Waals surface area (Å²) in [5.74, 6) is 0. The Morgan fingerprint density at radius 1 is 1.36 bits per heavy atom. The zero-order chi connectivity index (χ0) is 8.85. The molecule has 0 saturated heterocycles. The van der Waals surface area contributed by atoms with Crippen molar-refractivity contribution in [3.8, 4) is 0 Å². The van der Waals surface area contributed by atoms with E-state index in [1.54, 1.807) is 0 Å². The van der Waals surface area contributed by atoms with Gasteiger partial charge in [0.05, 0.1) is 5.69 Å². The lowest BCUT2D eigenvalue weighted by atomic mass is 10.4. The third kappa shape index (κ3) is 3.81. The van der Waals surface area contributed by atoms with E-state index in [1.807, 2.05) is 25.6 Å². The van der Waals surface area contributed by atoms with E-state index in [-0.39, 0.29) is 0 Å². The van der Waals surface area contributed by atoms with Gasteiger partial charge in [-0.2, -0.15) is 5.10 Å². The molecule has 0 aromatic carbocycles. The van der Waals surface area contributed by atoms with Gasteiger partial charge < -0.3 is 0 Å². The van der Waals surface area contributed by atoms with Gasteiger partial charge >= 0.3 is 0 Å². The van der Waals surface area contributed by atoms with Gasteiger partial charge in [-0.3, -0.25) is 4.68 Å². The van der Waals surface area contributed by atoms with Crippen LogP contribution in [0, 0.1) is 13.8 Å². The van der Waals surface area contributed by atoms with E-state index in [0.29, 0.717) is 0 Å². The largest absolute Gasteiger partial charge is 0.273 e. The molecule has 0 atom stereocenters. The summed E-state index contributed by atoms with van der Waals surface area (Å²) in [6, 6.07) is 2.06. The summed E-state index contributed by atoms with van der Waals surface area (Å²) in [5.41, 5.74) is 2.30. The second-order valence-electron chi connectivity index (χ2n) is 2.76. The Hall–Kier alpha value is -0.790. The molecule has 0 bridgehead atoms. The molecule has 0 fully saturated rings. The number of rotatable bonds is 0. The van der Waals surface area contributed by atoms with Crippen molar-refractivity contribution in [2.45, 2.75) is 34.1 Å². The highest BCUT2D eigenvalue weighted by atomic mass is 15.3. The van der Waals surface area contributed by atoms with Crippen LogP contribution in [0.3, 0.4) is 0 Å². The Bertz CT molecular complexity index is 182. The second kappa shape index (κ2) is 4.94. The lowest BCUT2D eigenvalue weighted by molar-refractivity contribution is 0.731. The van der Waals surface area contributed by atoms with Crippen LogP contribution in [-0.2, 0) is 7.05 Å². The van der Waals surface area contributed by atoms with Gasteiger partial charge in [0, 0.05) is 12.7 Å². The minimum Gasteiger partial charge on any atom is -0.273 e. The number of aryl methyl sites for hydroxylation is 3. The fourth-order valence-corrected chi connectivity index (χ4v) is 0.740. The van der Waals surface area contributed by atoms with Gasteiger partial charge in [0.1, 0.15) is 0 Å². The normalized spacial score (nSPS) is 8.82. The smallest absolute Gasteiger partial charge is 0.0596 e. The Balaban J connectivity index is 0.000000292. The van der Waals surface area contributed by atoms with Crippen LogP contribution in [-0.4, -0.2) is 9.78 Å². The topological polar surface area (TPSA) is 17.8 Å². The van der Waals surface area contributed by atoms with Crippen molar-refractivity contribution in [1.82, 2.24) is 9.78 Å². The van der Waals surface area contributed by atoms with Gasteiger partial charge in [-0.05, 0) is 19.9 Å². The molecule has 0 saturated carbocycles. The fraction of sp³-hybridized carbons (Fsp3) is 0.667. The van der Waals surface area contributed by atoms with Crippen LogP contribution in [0.25, 0.3) is 0 Å². The summed E-state index contributed by atoms with van der Waals surface area (Å²) in [4.78, 5) is 0. The molecule has 2 heteroatoms. The van der Waals surface area contributed by atoms with Gasteiger partial charge in [0.25, 0.3) is 0 Å². The Morgan fingerprint density at radius 2 is 1.82 bits per heavy atom. The highest BCUT2D eigenvalue weighted by Gasteiger charge is 1.91. The van der Waals surface area contributed by atoms with Crippen LogP contribution in [0.15, 0.2) is 6.07 Å². The van der Waals surface area contributed by atoms with Crippen molar-refractivity contribution in [1.29, 1.82) is 0 Å². The van der Waals surface area contributed by atoms with Crippen LogP contribution >= 0.6 is 0 Å². The van der Waals surface area contributed by atoms with E-state index >= 15 is 0 Å². The highest BCUT2D eigenvalue weighted by molar-refractivity contribution is 5.05. The van der Waals surface area contributed by atoms with Gasteiger partial charge in [0.2, 0.25) is 0 Å². The molecule has 0 N–H and O–H groups in total. The predicted octanol–water partition coefficient (Wildman–Crippen LogP) is 2.45. The van der Waals surface area contributed by atoms with E-state index < -0.39 is 0 Å². The maximum absolute atomic E-state index is 4.13. The Labute approximate surface area is 69.2 Å². The van der Waals surface area contributed by atoms with Crippen LogP contribution in [0.1, 0.15) is 31.7 Å². The van der Waals surface area contributed by atoms with Gasteiger partial charge in [-0.1, -0.05) is 20.3 Å². The lowest BCUT2D eigenvalue weighted by Crippen LogP contribution is -1.91. The zero-order valence-corrected chi connectivity index (χ0v) is 8.18. The fourth-order valence-electron chi connectivity index (χ4n) is 0.740. The van der Waals surface area contributed by atoms with Crippen molar-refractivity contribution in [2.75, 3.05) is 0 Å². The molecule has 64 valence electrons. The van der Waals surface area contributed by atoms with Crippen LogP contribution < -0.4 is 0 Å². The maximum Gasteiger partial charge on any atom is 0.0596 e. The molecule has 0 aliphatic heterocycles. The van der Waals surface area contributed by atoms with Crippen molar-refractivity contribution in [2.24, 2.45) is 7.05 Å². The summed E-state index contributed by atoms with van der Waals surface area (Å²) in [6.07, 6.45) is 1.25. The molecule has 11 heavy (non-hydrogen) atoms. The molecule has 2 nitrogen and oxygen atoms in total. The molecule has 0 spiro atoms. The van der Waals surface area contributed by atoms with Crippen molar-refractivity contribution >= 4 is 0 Å². The Kier molecular flexibility index (Phi) is 4.59. The predicted molar refractivity (Wildman–Crippen MR) is 48.6 cm³/mol. The van der Waals surface area contributed by atoms with Gasteiger partial charge in [0.15, 0.2) is 0 Å². The quantitative estimate of drug-likeness (QED) is 0.561. The molecular formula is C9H18N2. The average molecular weight is 154 g/mol. The first-order chi connectivity index (χ1) is 5.11. The first-order valence-electron chi connectivity index (χ1n) is 4.09.